The van der Waals surface area contributed by atoms with Gasteiger partial charge >= 0.3 is 5.97 Å². The summed E-state index contributed by atoms with van der Waals surface area (Å²) in [7, 11) is 0. The Labute approximate surface area is 130 Å². The summed E-state index contributed by atoms with van der Waals surface area (Å²) in [5.74, 6) is 0.604. The van der Waals surface area contributed by atoms with Gasteiger partial charge in [-0.05, 0) is 40.2 Å². The molecule has 1 aliphatic rings. The van der Waals surface area contributed by atoms with Gasteiger partial charge in [-0.2, -0.15) is 0 Å². The minimum atomic E-state index is -0.970. The van der Waals surface area contributed by atoms with Crippen LogP contribution in [0, 0.1) is 0 Å². The number of carboxylic acid groups (broad SMARTS) is 1. The van der Waals surface area contributed by atoms with Crippen molar-refractivity contribution in [3.8, 4) is 11.5 Å². The van der Waals surface area contributed by atoms with Crippen molar-refractivity contribution >= 4 is 21.9 Å². The maximum absolute atomic E-state index is 11.0. The molecule has 0 bridgehead atoms. The van der Waals surface area contributed by atoms with E-state index in [0.717, 1.165) is 15.8 Å². The highest BCUT2D eigenvalue weighted by molar-refractivity contribution is 9.10. The fourth-order valence-electron chi connectivity index (χ4n) is 2.30. The van der Waals surface area contributed by atoms with Gasteiger partial charge in [-0.15, -0.1) is 0 Å². The molecule has 21 heavy (non-hydrogen) atoms. The monoisotopic (exact) mass is 348 g/mol. The first-order chi connectivity index (χ1) is 10.1. The molecule has 4 nitrogen and oxygen atoms in total. The Bertz CT molecular complexity index is 684. The van der Waals surface area contributed by atoms with Gasteiger partial charge in [0.25, 0.3) is 0 Å². The quantitative estimate of drug-likeness (QED) is 0.915. The molecule has 0 saturated carbocycles. The van der Waals surface area contributed by atoms with Crippen LogP contribution in [0.2, 0.25) is 0 Å². The summed E-state index contributed by atoms with van der Waals surface area (Å²) < 4.78 is 12.1. The van der Waals surface area contributed by atoms with Crippen LogP contribution < -0.4 is 9.47 Å². The standard InChI is InChI=1S/C16H13BrO4/c17-13-6-5-10(16(18)19)7-15(13)21-9-11-8-20-14-4-2-1-3-12(11)14/h1-7,11H,8-9H2,(H,18,19). The fourth-order valence-corrected chi connectivity index (χ4v) is 2.67. The van der Waals surface area contributed by atoms with Crippen molar-refractivity contribution in [3.05, 3.63) is 58.1 Å². The molecular formula is C16H13BrO4. The highest BCUT2D eigenvalue weighted by Gasteiger charge is 2.24. The number of benzene rings is 2. The summed E-state index contributed by atoms with van der Waals surface area (Å²) in [4.78, 5) is 11.0. The Hall–Kier alpha value is -2.01. The lowest BCUT2D eigenvalue weighted by Gasteiger charge is -2.13. The molecule has 5 heteroatoms. The lowest BCUT2D eigenvalue weighted by atomic mass is 10.0. The van der Waals surface area contributed by atoms with Gasteiger partial charge in [-0.3, -0.25) is 0 Å². The van der Waals surface area contributed by atoms with Crippen molar-refractivity contribution in [2.24, 2.45) is 0 Å². The topological polar surface area (TPSA) is 55.8 Å². The van der Waals surface area contributed by atoms with Crippen molar-refractivity contribution in [3.63, 3.8) is 0 Å². The number of para-hydroxylation sites is 1. The van der Waals surface area contributed by atoms with Crippen LogP contribution in [0.4, 0.5) is 0 Å². The molecule has 0 spiro atoms. The smallest absolute Gasteiger partial charge is 0.335 e. The minimum absolute atomic E-state index is 0.154. The van der Waals surface area contributed by atoms with E-state index >= 15 is 0 Å². The molecule has 1 atom stereocenters. The number of hydrogen-bond donors (Lipinski definition) is 1. The van der Waals surface area contributed by atoms with Gasteiger partial charge < -0.3 is 14.6 Å². The molecule has 3 rings (SSSR count). The van der Waals surface area contributed by atoms with Gasteiger partial charge in [-0.25, -0.2) is 4.79 Å². The van der Waals surface area contributed by atoms with Crippen LogP contribution in [0.1, 0.15) is 21.8 Å². The van der Waals surface area contributed by atoms with E-state index in [2.05, 4.69) is 15.9 Å². The van der Waals surface area contributed by atoms with E-state index in [1.54, 1.807) is 6.07 Å². The zero-order chi connectivity index (χ0) is 14.8. The number of aromatic carboxylic acids is 1. The fraction of sp³-hybridized carbons (Fsp3) is 0.188. The highest BCUT2D eigenvalue weighted by atomic mass is 79.9. The van der Waals surface area contributed by atoms with Gasteiger partial charge in [0.1, 0.15) is 11.5 Å². The largest absolute Gasteiger partial charge is 0.493 e. The molecule has 1 heterocycles. The molecular weight excluding hydrogens is 336 g/mol. The van der Waals surface area contributed by atoms with E-state index in [1.807, 2.05) is 24.3 Å². The molecule has 1 unspecified atom stereocenters. The van der Waals surface area contributed by atoms with Gasteiger partial charge in [0.15, 0.2) is 0 Å². The molecule has 0 radical (unpaired) electrons. The Morgan fingerprint density at radius 3 is 2.95 bits per heavy atom. The average Bonchev–Trinajstić information content (AvgIpc) is 2.89. The van der Waals surface area contributed by atoms with Crippen LogP contribution in [-0.2, 0) is 0 Å². The SMILES string of the molecule is O=C(O)c1ccc(Br)c(OCC2COc3ccccc32)c1. The number of halogens is 1. The van der Waals surface area contributed by atoms with Crippen molar-refractivity contribution in [2.75, 3.05) is 13.2 Å². The van der Waals surface area contributed by atoms with Crippen LogP contribution >= 0.6 is 15.9 Å². The maximum atomic E-state index is 11.0. The predicted molar refractivity (Wildman–Crippen MR) is 81.3 cm³/mol. The molecule has 2 aromatic carbocycles. The summed E-state index contributed by atoms with van der Waals surface area (Å²) in [6.45, 7) is 1.02. The third kappa shape index (κ3) is 2.88. The normalized spacial score (nSPS) is 16.1. The van der Waals surface area contributed by atoms with E-state index in [-0.39, 0.29) is 11.5 Å². The third-order valence-electron chi connectivity index (χ3n) is 3.42. The van der Waals surface area contributed by atoms with E-state index in [1.165, 1.54) is 12.1 Å². The average molecular weight is 349 g/mol. The Morgan fingerprint density at radius 2 is 2.14 bits per heavy atom. The Kier molecular flexibility index (Phi) is 3.84. The minimum Gasteiger partial charge on any atom is -0.493 e. The van der Waals surface area contributed by atoms with E-state index < -0.39 is 5.97 Å². The first-order valence-electron chi connectivity index (χ1n) is 6.52. The molecule has 2 aromatic rings. The Balaban J connectivity index is 1.74. The summed E-state index contributed by atoms with van der Waals surface area (Å²) in [6.07, 6.45) is 0. The molecule has 1 aliphatic heterocycles. The second-order valence-corrected chi connectivity index (χ2v) is 5.66. The summed E-state index contributed by atoms with van der Waals surface area (Å²) >= 11 is 3.37. The van der Waals surface area contributed by atoms with E-state index in [4.69, 9.17) is 14.6 Å². The van der Waals surface area contributed by atoms with Crippen LogP contribution in [0.5, 0.6) is 11.5 Å². The molecule has 0 amide bonds. The molecule has 1 N–H and O–H groups in total. The zero-order valence-electron chi connectivity index (χ0n) is 11.1. The maximum Gasteiger partial charge on any atom is 0.335 e. The van der Waals surface area contributed by atoms with Crippen LogP contribution in [0.25, 0.3) is 0 Å². The predicted octanol–water partition coefficient (Wildman–Crippen LogP) is 3.70. The van der Waals surface area contributed by atoms with Crippen LogP contribution in [-0.4, -0.2) is 24.3 Å². The van der Waals surface area contributed by atoms with Crippen molar-refractivity contribution < 1.29 is 19.4 Å². The summed E-state index contributed by atoms with van der Waals surface area (Å²) in [6, 6.07) is 12.6. The summed E-state index contributed by atoms with van der Waals surface area (Å²) in [5.41, 5.74) is 1.33. The Morgan fingerprint density at radius 1 is 1.33 bits per heavy atom. The first kappa shape index (κ1) is 13.9. The number of ether oxygens (including phenoxy) is 2. The van der Waals surface area contributed by atoms with Crippen LogP contribution in [0.3, 0.4) is 0 Å². The molecule has 108 valence electrons. The van der Waals surface area contributed by atoms with E-state index in [9.17, 15) is 4.79 Å². The molecule has 0 saturated heterocycles. The number of carboxylic acids is 1. The van der Waals surface area contributed by atoms with Gasteiger partial charge in [0.2, 0.25) is 0 Å². The van der Waals surface area contributed by atoms with Crippen molar-refractivity contribution in [1.29, 1.82) is 0 Å². The highest BCUT2D eigenvalue weighted by Crippen LogP contribution is 2.34. The second kappa shape index (κ2) is 5.77. The van der Waals surface area contributed by atoms with Gasteiger partial charge in [0.05, 0.1) is 29.2 Å². The summed E-state index contributed by atoms with van der Waals surface area (Å²) in [5, 5.41) is 9.02. The van der Waals surface area contributed by atoms with Gasteiger partial charge in [-0.1, -0.05) is 18.2 Å². The number of fused-ring (bicyclic) bond motifs is 1. The third-order valence-corrected chi connectivity index (χ3v) is 4.07. The lowest BCUT2D eigenvalue weighted by molar-refractivity contribution is 0.0696. The zero-order valence-corrected chi connectivity index (χ0v) is 12.7. The second-order valence-electron chi connectivity index (χ2n) is 4.81. The number of carbonyl (C=O) groups is 1. The number of rotatable bonds is 4. The number of hydrogen-bond acceptors (Lipinski definition) is 3. The van der Waals surface area contributed by atoms with Crippen LogP contribution in [0.15, 0.2) is 46.9 Å². The first-order valence-corrected chi connectivity index (χ1v) is 7.32. The van der Waals surface area contributed by atoms with Gasteiger partial charge in [0, 0.05) is 5.56 Å². The molecule has 0 aromatic heterocycles. The molecule has 0 fully saturated rings. The molecule has 0 aliphatic carbocycles. The van der Waals surface area contributed by atoms with Crippen molar-refractivity contribution in [2.45, 2.75) is 5.92 Å². The van der Waals surface area contributed by atoms with E-state index in [0.29, 0.717) is 19.0 Å². The van der Waals surface area contributed by atoms with Crippen molar-refractivity contribution in [1.82, 2.24) is 0 Å². The lowest BCUT2D eigenvalue weighted by Crippen LogP contribution is -2.12.